The molecule has 2 N–H and O–H groups in total. The zero-order valence-corrected chi connectivity index (χ0v) is 9.35. The van der Waals surface area contributed by atoms with E-state index in [1.807, 2.05) is 39.2 Å². The highest BCUT2D eigenvalue weighted by atomic mass is 35.5. The summed E-state index contributed by atoms with van der Waals surface area (Å²) < 4.78 is 0. The molecule has 0 bridgehead atoms. The van der Waals surface area contributed by atoms with Crippen molar-refractivity contribution in [3.05, 3.63) is 23.8 Å². The van der Waals surface area contributed by atoms with Gasteiger partial charge in [-0.05, 0) is 38.7 Å². The highest BCUT2D eigenvalue weighted by molar-refractivity contribution is 5.85. The highest BCUT2D eigenvalue weighted by Gasteiger charge is 1.93. The molecule has 0 unspecified atom stereocenters. The van der Waals surface area contributed by atoms with Crippen LogP contribution in [0.3, 0.4) is 0 Å². The molecular weight excluding hydrogens is 200 g/mol. The molecule has 0 spiro atoms. The van der Waals surface area contributed by atoms with E-state index in [0.717, 1.165) is 11.0 Å². The van der Waals surface area contributed by atoms with E-state index in [9.17, 15) is 0 Å². The fourth-order valence-electron chi connectivity index (χ4n) is 0.952. The molecule has 0 aliphatic rings. The lowest BCUT2D eigenvalue weighted by atomic mass is 10.2. The van der Waals surface area contributed by atoms with E-state index in [4.69, 9.17) is 0 Å². The maximum Gasteiger partial charge on any atom is 0.113 e. The lowest BCUT2D eigenvalue weighted by Gasteiger charge is -1.87. The lowest BCUT2D eigenvalue weighted by molar-refractivity contribution is 0.959. The second-order valence-electron chi connectivity index (χ2n) is 2.83. The Bertz CT molecular complexity index is 372. The van der Waals surface area contributed by atoms with Crippen molar-refractivity contribution in [2.75, 3.05) is 14.1 Å². The summed E-state index contributed by atoms with van der Waals surface area (Å²) in [6.07, 6.45) is 0. The molecule has 0 saturated carbocycles. The van der Waals surface area contributed by atoms with Crippen LogP contribution in [0.4, 0.5) is 0 Å². The summed E-state index contributed by atoms with van der Waals surface area (Å²) in [7, 11) is 3.75. The number of aromatic amines is 1. The van der Waals surface area contributed by atoms with Crippen LogP contribution in [0.25, 0.3) is 11.0 Å². The minimum absolute atomic E-state index is 0. The third-order valence-corrected chi connectivity index (χ3v) is 1.48. The Balaban J connectivity index is 0.000000381. The number of halogens is 1. The first kappa shape index (κ1) is 12.9. The average molecular weight is 215 g/mol. The van der Waals surface area contributed by atoms with Crippen LogP contribution in [0, 0.1) is 6.92 Å². The number of nitrogens with zero attached hydrogens (tertiary/aromatic N) is 2. The van der Waals surface area contributed by atoms with E-state index in [1.165, 1.54) is 5.56 Å². The van der Waals surface area contributed by atoms with Gasteiger partial charge in [-0.1, -0.05) is 11.3 Å². The molecule has 5 heteroatoms. The minimum atomic E-state index is 0. The molecule has 0 fully saturated rings. The highest BCUT2D eigenvalue weighted by Crippen LogP contribution is 2.08. The molecular formula is C9H15ClN4. The predicted octanol–water partition coefficient (Wildman–Crippen LogP) is 1.52. The monoisotopic (exact) mass is 214 g/mol. The zero-order valence-electron chi connectivity index (χ0n) is 8.53. The third-order valence-electron chi connectivity index (χ3n) is 1.48. The Morgan fingerprint density at radius 1 is 1.29 bits per heavy atom. The number of aromatic nitrogens is 3. The van der Waals surface area contributed by atoms with Crippen LogP contribution in [0.2, 0.25) is 0 Å². The number of nitrogens with one attached hydrogen (secondary N) is 2. The second kappa shape index (κ2) is 6.34. The molecule has 1 aromatic heterocycles. The Labute approximate surface area is 89.5 Å². The van der Waals surface area contributed by atoms with Crippen LogP contribution >= 0.6 is 12.4 Å². The Morgan fingerprint density at radius 3 is 2.57 bits per heavy atom. The lowest BCUT2D eigenvalue weighted by Crippen LogP contribution is -1.89. The van der Waals surface area contributed by atoms with Crippen molar-refractivity contribution in [2.45, 2.75) is 6.92 Å². The first-order chi connectivity index (χ1) is 6.27. The van der Waals surface area contributed by atoms with Crippen molar-refractivity contribution < 1.29 is 0 Å². The number of H-pyrrole nitrogens is 1. The number of benzene rings is 1. The largest absolute Gasteiger partial charge is 0.323 e. The van der Waals surface area contributed by atoms with Gasteiger partial charge in [-0.3, -0.25) is 5.10 Å². The molecule has 0 saturated heterocycles. The second-order valence-corrected chi connectivity index (χ2v) is 2.83. The molecule has 2 rings (SSSR count). The number of fused-ring (bicyclic) bond motifs is 1. The molecule has 78 valence electrons. The van der Waals surface area contributed by atoms with Crippen molar-refractivity contribution in [1.82, 2.24) is 20.7 Å². The zero-order chi connectivity index (χ0) is 9.68. The SMILES string of the molecule is CNC.Cc1ccc2[nH]nnc2c1.Cl. The molecule has 14 heavy (non-hydrogen) atoms. The topological polar surface area (TPSA) is 53.6 Å². The van der Waals surface area contributed by atoms with Gasteiger partial charge in [0.25, 0.3) is 0 Å². The van der Waals surface area contributed by atoms with Gasteiger partial charge in [0.05, 0.1) is 5.52 Å². The molecule has 1 aromatic carbocycles. The summed E-state index contributed by atoms with van der Waals surface area (Å²) in [5.74, 6) is 0. The Hall–Kier alpha value is -1.13. The molecule has 0 amide bonds. The standard InChI is InChI=1S/C7H7N3.C2H7N.ClH/c1-5-2-3-6-7(4-5)9-10-8-6;1-3-2;/h2-4H,1H3,(H,8,9,10);3H,1-2H3;1H. The van der Waals surface area contributed by atoms with E-state index in [2.05, 4.69) is 20.7 Å². The number of aryl methyl sites for hydroxylation is 1. The van der Waals surface area contributed by atoms with Gasteiger partial charge in [-0.25, -0.2) is 0 Å². The van der Waals surface area contributed by atoms with E-state index in [1.54, 1.807) is 0 Å². The summed E-state index contributed by atoms with van der Waals surface area (Å²) in [5.41, 5.74) is 3.13. The van der Waals surface area contributed by atoms with Crippen molar-refractivity contribution in [1.29, 1.82) is 0 Å². The quantitative estimate of drug-likeness (QED) is 0.699. The molecule has 0 atom stereocenters. The number of rotatable bonds is 0. The first-order valence-electron chi connectivity index (χ1n) is 4.14. The first-order valence-corrected chi connectivity index (χ1v) is 4.14. The molecule has 0 aliphatic heterocycles. The predicted molar refractivity (Wildman–Crippen MR) is 60.9 cm³/mol. The van der Waals surface area contributed by atoms with Gasteiger partial charge in [-0.15, -0.1) is 17.5 Å². The summed E-state index contributed by atoms with van der Waals surface area (Å²) in [5, 5.41) is 13.1. The van der Waals surface area contributed by atoms with Crippen LogP contribution in [0.5, 0.6) is 0 Å². The van der Waals surface area contributed by atoms with Gasteiger partial charge in [0.15, 0.2) is 0 Å². The maximum atomic E-state index is 3.87. The Kier molecular flexibility index (Phi) is 5.83. The molecule has 0 radical (unpaired) electrons. The van der Waals surface area contributed by atoms with E-state index >= 15 is 0 Å². The average Bonchev–Trinajstić information content (AvgIpc) is 2.52. The summed E-state index contributed by atoms with van der Waals surface area (Å²) in [6, 6.07) is 6.01. The van der Waals surface area contributed by atoms with Crippen molar-refractivity contribution in [2.24, 2.45) is 0 Å². The van der Waals surface area contributed by atoms with Gasteiger partial charge in [0.2, 0.25) is 0 Å². The van der Waals surface area contributed by atoms with E-state index < -0.39 is 0 Å². The Morgan fingerprint density at radius 2 is 1.93 bits per heavy atom. The van der Waals surface area contributed by atoms with Crippen molar-refractivity contribution >= 4 is 23.4 Å². The minimum Gasteiger partial charge on any atom is -0.323 e. The number of hydrogen-bond acceptors (Lipinski definition) is 3. The van der Waals surface area contributed by atoms with Gasteiger partial charge in [0.1, 0.15) is 5.52 Å². The maximum absolute atomic E-state index is 3.87. The van der Waals surface area contributed by atoms with Crippen molar-refractivity contribution in [3.63, 3.8) is 0 Å². The van der Waals surface area contributed by atoms with Crippen LogP contribution in [0.15, 0.2) is 18.2 Å². The van der Waals surface area contributed by atoms with Crippen molar-refractivity contribution in [3.8, 4) is 0 Å². The van der Waals surface area contributed by atoms with Crippen LogP contribution in [-0.2, 0) is 0 Å². The third kappa shape index (κ3) is 3.32. The number of hydrogen-bond donors (Lipinski definition) is 2. The van der Waals surface area contributed by atoms with Crippen LogP contribution in [-0.4, -0.2) is 29.5 Å². The van der Waals surface area contributed by atoms with Gasteiger partial charge in [0, 0.05) is 0 Å². The summed E-state index contributed by atoms with van der Waals surface area (Å²) in [4.78, 5) is 0. The normalized spacial score (nSPS) is 8.79. The van der Waals surface area contributed by atoms with Crippen LogP contribution in [0.1, 0.15) is 5.56 Å². The smallest absolute Gasteiger partial charge is 0.113 e. The molecule has 4 nitrogen and oxygen atoms in total. The van der Waals surface area contributed by atoms with Gasteiger partial charge >= 0.3 is 0 Å². The van der Waals surface area contributed by atoms with E-state index in [0.29, 0.717) is 0 Å². The van der Waals surface area contributed by atoms with E-state index in [-0.39, 0.29) is 12.4 Å². The van der Waals surface area contributed by atoms with Gasteiger partial charge in [-0.2, -0.15) is 0 Å². The summed E-state index contributed by atoms with van der Waals surface area (Å²) in [6.45, 7) is 2.04. The van der Waals surface area contributed by atoms with Crippen LogP contribution < -0.4 is 5.32 Å². The fraction of sp³-hybridized carbons (Fsp3) is 0.333. The molecule has 2 aromatic rings. The summed E-state index contributed by atoms with van der Waals surface area (Å²) >= 11 is 0. The van der Waals surface area contributed by atoms with Gasteiger partial charge < -0.3 is 5.32 Å². The molecule has 1 heterocycles. The fourth-order valence-corrected chi connectivity index (χ4v) is 0.952. The molecule has 0 aliphatic carbocycles.